The minimum absolute atomic E-state index is 0.322. The number of rotatable bonds is 2. The van der Waals surface area contributed by atoms with Crippen molar-refractivity contribution < 1.29 is 4.74 Å². The van der Waals surface area contributed by atoms with Gasteiger partial charge in [0.25, 0.3) is 0 Å². The molecule has 1 aliphatic carbocycles. The van der Waals surface area contributed by atoms with Crippen molar-refractivity contribution in [1.29, 1.82) is 0 Å². The molecule has 70 valence electrons. The van der Waals surface area contributed by atoms with E-state index in [0.29, 0.717) is 12.0 Å². The van der Waals surface area contributed by atoms with Crippen LogP contribution in [0.2, 0.25) is 0 Å². The van der Waals surface area contributed by atoms with Crippen molar-refractivity contribution >= 4 is 15.9 Å². The van der Waals surface area contributed by atoms with Crippen molar-refractivity contribution in [2.75, 3.05) is 7.11 Å². The Balaban J connectivity index is 2.38. The lowest BCUT2D eigenvalue weighted by Crippen LogP contribution is -2.02. The van der Waals surface area contributed by atoms with E-state index in [1.165, 1.54) is 5.56 Å². The van der Waals surface area contributed by atoms with Crippen LogP contribution in [-0.2, 0) is 0 Å². The quantitative estimate of drug-likeness (QED) is 0.863. The van der Waals surface area contributed by atoms with Gasteiger partial charge in [0.15, 0.2) is 0 Å². The molecule has 1 aromatic rings. The number of nitrogens with two attached hydrogens (primary N) is 1. The predicted molar refractivity (Wildman–Crippen MR) is 56.0 cm³/mol. The Kier molecular flexibility index (Phi) is 2.30. The smallest absolute Gasteiger partial charge is 0.136 e. The summed E-state index contributed by atoms with van der Waals surface area (Å²) in [6.45, 7) is 0. The Morgan fingerprint density at radius 3 is 2.77 bits per heavy atom. The van der Waals surface area contributed by atoms with E-state index < -0.39 is 0 Å². The standard InChI is InChI=1S/C10H12BrNO/c1-13-10-6(7-5-9(7)12)3-2-4-8(10)11/h2-4,7,9H,5,12H2,1H3. The highest BCUT2D eigenvalue weighted by Crippen LogP contribution is 2.45. The van der Waals surface area contributed by atoms with Crippen LogP contribution in [0.4, 0.5) is 0 Å². The van der Waals surface area contributed by atoms with E-state index >= 15 is 0 Å². The third-order valence-corrected chi connectivity index (χ3v) is 3.07. The fourth-order valence-corrected chi connectivity index (χ4v) is 2.15. The highest BCUT2D eigenvalue weighted by molar-refractivity contribution is 9.10. The summed E-state index contributed by atoms with van der Waals surface area (Å²) in [5, 5.41) is 0. The lowest BCUT2D eigenvalue weighted by atomic mass is 10.1. The molecule has 0 aliphatic heterocycles. The summed E-state index contributed by atoms with van der Waals surface area (Å²) in [5.41, 5.74) is 7.03. The zero-order chi connectivity index (χ0) is 9.42. The minimum Gasteiger partial charge on any atom is -0.495 e. The monoisotopic (exact) mass is 241 g/mol. The van der Waals surface area contributed by atoms with E-state index in [0.717, 1.165) is 16.6 Å². The summed E-state index contributed by atoms with van der Waals surface area (Å²) in [5.74, 6) is 1.42. The molecule has 0 heterocycles. The average Bonchev–Trinajstić information content (AvgIpc) is 2.82. The Morgan fingerprint density at radius 1 is 1.54 bits per heavy atom. The Labute approximate surface area is 86.2 Å². The minimum atomic E-state index is 0.322. The zero-order valence-corrected chi connectivity index (χ0v) is 9.04. The van der Waals surface area contributed by atoms with Crippen LogP contribution in [0.3, 0.4) is 0 Å². The van der Waals surface area contributed by atoms with E-state index in [1.54, 1.807) is 7.11 Å². The third-order valence-electron chi connectivity index (χ3n) is 2.44. The molecule has 0 aromatic heterocycles. The average molecular weight is 242 g/mol. The van der Waals surface area contributed by atoms with Gasteiger partial charge in [-0.15, -0.1) is 0 Å². The first-order valence-electron chi connectivity index (χ1n) is 4.32. The van der Waals surface area contributed by atoms with Crippen LogP contribution in [0.25, 0.3) is 0 Å². The molecular formula is C10H12BrNO. The second-order valence-electron chi connectivity index (χ2n) is 3.37. The molecule has 1 saturated carbocycles. The van der Waals surface area contributed by atoms with E-state index in [-0.39, 0.29) is 0 Å². The molecule has 0 radical (unpaired) electrons. The van der Waals surface area contributed by atoms with Gasteiger partial charge in [0.05, 0.1) is 11.6 Å². The second kappa shape index (κ2) is 3.31. The van der Waals surface area contributed by atoms with Gasteiger partial charge in [-0.05, 0) is 34.0 Å². The molecule has 2 unspecified atom stereocenters. The molecule has 1 fully saturated rings. The van der Waals surface area contributed by atoms with Gasteiger partial charge in [-0.1, -0.05) is 12.1 Å². The van der Waals surface area contributed by atoms with Gasteiger partial charge < -0.3 is 10.5 Å². The number of hydrogen-bond donors (Lipinski definition) is 1. The number of hydrogen-bond acceptors (Lipinski definition) is 2. The zero-order valence-electron chi connectivity index (χ0n) is 7.46. The molecule has 3 heteroatoms. The Morgan fingerprint density at radius 2 is 2.23 bits per heavy atom. The molecule has 0 amide bonds. The summed E-state index contributed by atoms with van der Waals surface area (Å²) in [6.07, 6.45) is 1.08. The van der Waals surface area contributed by atoms with Gasteiger partial charge in [-0.3, -0.25) is 0 Å². The molecule has 13 heavy (non-hydrogen) atoms. The van der Waals surface area contributed by atoms with Gasteiger partial charge >= 0.3 is 0 Å². The van der Waals surface area contributed by atoms with Crippen molar-refractivity contribution in [2.45, 2.75) is 18.4 Å². The normalized spacial score (nSPS) is 25.8. The topological polar surface area (TPSA) is 35.2 Å². The first-order chi connectivity index (χ1) is 6.24. The SMILES string of the molecule is COc1c(Br)cccc1C1CC1N. The molecule has 1 aromatic carbocycles. The van der Waals surface area contributed by atoms with E-state index in [9.17, 15) is 0 Å². The summed E-state index contributed by atoms with van der Waals surface area (Å²) >= 11 is 3.46. The molecule has 0 saturated heterocycles. The lowest BCUT2D eigenvalue weighted by molar-refractivity contribution is 0.407. The fourth-order valence-electron chi connectivity index (χ4n) is 1.61. The van der Waals surface area contributed by atoms with Crippen molar-refractivity contribution in [3.63, 3.8) is 0 Å². The second-order valence-corrected chi connectivity index (χ2v) is 4.22. The van der Waals surface area contributed by atoms with Crippen molar-refractivity contribution in [2.24, 2.45) is 5.73 Å². The third kappa shape index (κ3) is 1.58. The Bertz CT molecular complexity index is 327. The van der Waals surface area contributed by atoms with Gasteiger partial charge in [-0.2, -0.15) is 0 Å². The number of benzene rings is 1. The van der Waals surface area contributed by atoms with Crippen LogP contribution < -0.4 is 10.5 Å². The van der Waals surface area contributed by atoms with Crippen LogP contribution in [-0.4, -0.2) is 13.2 Å². The molecular weight excluding hydrogens is 230 g/mol. The number of para-hydroxylation sites is 1. The number of halogens is 1. The van der Waals surface area contributed by atoms with Gasteiger partial charge in [0.1, 0.15) is 5.75 Å². The predicted octanol–water partition coefficient (Wildman–Crippen LogP) is 2.27. The van der Waals surface area contributed by atoms with E-state index in [4.69, 9.17) is 10.5 Å². The largest absolute Gasteiger partial charge is 0.495 e. The molecule has 1 aliphatic rings. The van der Waals surface area contributed by atoms with Crippen molar-refractivity contribution in [1.82, 2.24) is 0 Å². The van der Waals surface area contributed by atoms with Gasteiger partial charge in [0.2, 0.25) is 0 Å². The molecule has 2 nitrogen and oxygen atoms in total. The van der Waals surface area contributed by atoms with Crippen molar-refractivity contribution in [3.05, 3.63) is 28.2 Å². The van der Waals surface area contributed by atoms with Crippen LogP contribution >= 0.6 is 15.9 Å². The first-order valence-corrected chi connectivity index (χ1v) is 5.11. The maximum atomic E-state index is 5.80. The van der Waals surface area contributed by atoms with E-state index in [2.05, 4.69) is 22.0 Å². The van der Waals surface area contributed by atoms with Gasteiger partial charge in [-0.25, -0.2) is 0 Å². The highest BCUT2D eigenvalue weighted by Gasteiger charge is 2.37. The molecule has 2 N–H and O–H groups in total. The lowest BCUT2D eigenvalue weighted by Gasteiger charge is -2.09. The van der Waals surface area contributed by atoms with Crippen LogP contribution in [0, 0.1) is 0 Å². The molecule has 2 rings (SSSR count). The Hall–Kier alpha value is -0.540. The highest BCUT2D eigenvalue weighted by atomic mass is 79.9. The first kappa shape index (κ1) is 9.03. The van der Waals surface area contributed by atoms with Crippen LogP contribution in [0.5, 0.6) is 5.75 Å². The van der Waals surface area contributed by atoms with E-state index in [1.807, 2.05) is 12.1 Å². The maximum Gasteiger partial charge on any atom is 0.136 e. The summed E-state index contributed by atoms with van der Waals surface area (Å²) < 4.78 is 6.33. The fraction of sp³-hybridized carbons (Fsp3) is 0.400. The molecule has 0 bridgehead atoms. The van der Waals surface area contributed by atoms with Crippen LogP contribution in [0.1, 0.15) is 17.9 Å². The van der Waals surface area contributed by atoms with Gasteiger partial charge in [0, 0.05) is 12.0 Å². The summed E-state index contributed by atoms with van der Waals surface area (Å²) in [6, 6.07) is 6.41. The molecule has 0 spiro atoms. The molecule has 2 atom stereocenters. The summed E-state index contributed by atoms with van der Waals surface area (Å²) in [4.78, 5) is 0. The summed E-state index contributed by atoms with van der Waals surface area (Å²) in [7, 11) is 1.69. The number of ether oxygens (including phenoxy) is 1. The maximum absolute atomic E-state index is 5.80. The van der Waals surface area contributed by atoms with Crippen LogP contribution in [0.15, 0.2) is 22.7 Å². The van der Waals surface area contributed by atoms with Crippen molar-refractivity contribution in [3.8, 4) is 5.75 Å². The number of methoxy groups -OCH3 is 1.